The van der Waals surface area contributed by atoms with Crippen LogP contribution in [0, 0.1) is 6.92 Å². The molecule has 92 valence electrons. The van der Waals surface area contributed by atoms with E-state index >= 15 is 0 Å². The van der Waals surface area contributed by atoms with Gasteiger partial charge in [0.05, 0.1) is 17.1 Å². The molecule has 2 fully saturated rings. The van der Waals surface area contributed by atoms with E-state index in [2.05, 4.69) is 0 Å². The zero-order chi connectivity index (χ0) is 12.0. The van der Waals surface area contributed by atoms with Crippen molar-refractivity contribution in [2.45, 2.75) is 32.0 Å². The van der Waals surface area contributed by atoms with Gasteiger partial charge in [-0.3, -0.25) is 4.79 Å². The van der Waals surface area contributed by atoms with Crippen molar-refractivity contribution in [3.63, 3.8) is 0 Å². The Labute approximate surface area is 104 Å². The molecule has 2 bridgehead atoms. The van der Waals surface area contributed by atoms with E-state index in [4.69, 9.17) is 10.5 Å². The molecule has 2 aliphatic rings. The normalized spacial score (nSPS) is 27.5. The predicted molar refractivity (Wildman–Crippen MR) is 67.3 cm³/mol. The highest BCUT2D eigenvalue weighted by atomic mass is 32.1. The van der Waals surface area contributed by atoms with Crippen molar-refractivity contribution >= 4 is 22.9 Å². The van der Waals surface area contributed by atoms with Crippen molar-refractivity contribution in [3.8, 4) is 0 Å². The zero-order valence-corrected chi connectivity index (χ0v) is 10.6. The molecule has 2 aliphatic heterocycles. The topological polar surface area (TPSA) is 55.6 Å². The maximum Gasteiger partial charge on any atom is 0.264 e. The molecular formula is C12H16N2O2S. The summed E-state index contributed by atoms with van der Waals surface area (Å²) in [6, 6.07) is 1.79. The van der Waals surface area contributed by atoms with Crippen molar-refractivity contribution in [2.24, 2.45) is 0 Å². The van der Waals surface area contributed by atoms with E-state index in [1.165, 1.54) is 11.3 Å². The molecule has 1 aromatic heterocycles. The molecule has 0 radical (unpaired) electrons. The molecule has 1 amide bonds. The Hall–Kier alpha value is -1.07. The van der Waals surface area contributed by atoms with Gasteiger partial charge in [-0.25, -0.2) is 0 Å². The first-order valence-corrected chi connectivity index (χ1v) is 6.76. The number of likely N-dealkylation sites (tertiary alicyclic amines) is 1. The first-order chi connectivity index (χ1) is 8.13. The number of nitrogens with zero attached hydrogens (tertiary/aromatic N) is 1. The fraction of sp³-hybridized carbons (Fsp3) is 0.583. The standard InChI is InChI=1S/C12H16N2O2S/c1-7-10(13)4-11(17-7)12(15)14-5-8-2-3-9(6-14)16-8/h4,8-9H,2-3,5-6,13H2,1H3. The second kappa shape index (κ2) is 3.99. The third-order valence-electron chi connectivity index (χ3n) is 3.50. The molecule has 0 spiro atoms. The minimum Gasteiger partial charge on any atom is -0.398 e. The van der Waals surface area contributed by atoms with Crippen LogP contribution in [-0.2, 0) is 4.74 Å². The number of anilines is 1. The van der Waals surface area contributed by atoms with Crippen LogP contribution in [0.4, 0.5) is 5.69 Å². The number of aryl methyl sites for hydroxylation is 1. The maximum atomic E-state index is 12.3. The number of morpholine rings is 1. The third-order valence-corrected chi connectivity index (χ3v) is 4.55. The Morgan fingerprint density at radius 3 is 2.65 bits per heavy atom. The average molecular weight is 252 g/mol. The molecule has 17 heavy (non-hydrogen) atoms. The first-order valence-electron chi connectivity index (χ1n) is 5.94. The number of carbonyl (C=O) groups excluding carboxylic acids is 1. The van der Waals surface area contributed by atoms with E-state index in [-0.39, 0.29) is 18.1 Å². The number of thiophene rings is 1. The smallest absolute Gasteiger partial charge is 0.264 e. The SMILES string of the molecule is Cc1sc(C(=O)N2CC3CCC(C2)O3)cc1N. The molecule has 0 saturated carbocycles. The molecule has 2 atom stereocenters. The predicted octanol–water partition coefficient (Wildman–Crippen LogP) is 1.64. The Morgan fingerprint density at radius 1 is 1.47 bits per heavy atom. The molecule has 3 rings (SSSR count). The van der Waals surface area contributed by atoms with Gasteiger partial charge >= 0.3 is 0 Å². The summed E-state index contributed by atoms with van der Waals surface area (Å²) in [5.41, 5.74) is 6.51. The number of nitrogens with two attached hydrogens (primary N) is 1. The van der Waals surface area contributed by atoms with Gasteiger partial charge in [0.1, 0.15) is 0 Å². The number of hydrogen-bond donors (Lipinski definition) is 1. The summed E-state index contributed by atoms with van der Waals surface area (Å²) in [5.74, 6) is 0.106. The minimum atomic E-state index is 0.106. The van der Waals surface area contributed by atoms with Crippen molar-refractivity contribution in [2.75, 3.05) is 18.8 Å². The van der Waals surface area contributed by atoms with Gasteiger partial charge in [0, 0.05) is 23.7 Å². The summed E-state index contributed by atoms with van der Waals surface area (Å²) >= 11 is 1.48. The highest BCUT2D eigenvalue weighted by Crippen LogP contribution is 2.29. The Balaban J connectivity index is 1.78. The zero-order valence-electron chi connectivity index (χ0n) is 9.81. The van der Waals surface area contributed by atoms with Crippen molar-refractivity contribution in [3.05, 3.63) is 15.8 Å². The highest BCUT2D eigenvalue weighted by Gasteiger charge is 2.36. The fourth-order valence-corrected chi connectivity index (χ4v) is 3.45. The molecule has 4 nitrogen and oxygen atoms in total. The number of carbonyl (C=O) groups is 1. The van der Waals surface area contributed by atoms with E-state index < -0.39 is 0 Å². The summed E-state index contributed by atoms with van der Waals surface area (Å²) in [5, 5.41) is 0. The molecular weight excluding hydrogens is 236 g/mol. The lowest BCUT2D eigenvalue weighted by atomic mass is 10.2. The van der Waals surface area contributed by atoms with Gasteiger partial charge in [-0.1, -0.05) is 0 Å². The summed E-state index contributed by atoms with van der Waals surface area (Å²) in [6.07, 6.45) is 2.66. The van der Waals surface area contributed by atoms with Crippen LogP contribution in [0.1, 0.15) is 27.4 Å². The lowest BCUT2D eigenvalue weighted by Crippen LogP contribution is -2.45. The molecule has 2 saturated heterocycles. The van der Waals surface area contributed by atoms with Crippen LogP contribution in [-0.4, -0.2) is 36.1 Å². The fourth-order valence-electron chi connectivity index (χ4n) is 2.54. The number of fused-ring (bicyclic) bond motifs is 2. The quantitative estimate of drug-likeness (QED) is 0.826. The number of nitrogen functional groups attached to an aromatic ring is 1. The van der Waals surface area contributed by atoms with Gasteiger partial charge in [-0.05, 0) is 25.8 Å². The van der Waals surface area contributed by atoms with Crippen molar-refractivity contribution < 1.29 is 9.53 Å². The maximum absolute atomic E-state index is 12.3. The molecule has 1 aromatic rings. The lowest BCUT2D eigenvalue weighted by Gasteiger charge is -2.31. The minimum absolute atomic E-state index is 0.106. The van der Waals surface area contributed by atoms with Crippen molar-refractivity contribution in [1.29, 1.82) is 0 Å². The Morgan fingerprint density at radius 2 is 2.12 bits per heavy atom. The lowest BCUT2D eigenvalue weighted by molar-refractivity contribution is -0.0302. The number of amides is 1. The van der Waals surface area contributed by atoms with E-state index in [1.54, 1.807) is 6.07 Å². The van der Waals surface area contributed by atoms with Gasteiger partial charge in [0.2, 0.25) is 0 Å². The second-order valence-corrected chi connectivity index (χ2v) is 6.05. The number of rotatable bonds is 1. The van der Waals surface area contributed by atoms with Crippen LogP contribution in [0.5, 0.6) is 0 Å². The van der Waals surface area contributed by atoms with Crippen LogP contribution >= 0.6 is 11.3 Å². The molecule has 0 aliphatic carbocycles. The van der Waals surface area contributed by atoms with Crippen LogP contribution in [0.3, 0.4) is 0 Å². The third kappa shape index (κ3) is 1.93. The van der Waals surface area contributed by atoms with Gasteiger partial charge in [-0.15, -0.1) is 11.3 Å². The van der Waals surface area contributed by atoms with Crippen LogP contribution < -0.4 is 5.73 Å². The number of hydrogen-bond acceptors (Lipinski definition) is 4. The Bertz CT molecular complexity index is 426. The van der Waals surface area contributed by atoms with E-state index in [1.807, 2.05) is 11.8 Å². The summed E-state index contributed by atoms with van der Waals surface area (Å²) in [4.78, 5) is 16.0. The Kier molecular flexibility index (Phi) is 2.60. The average Bonchev–Trinajstić information content (AvgIpc) is 2.82. The van der Waals surface area contributed by atoms with Gasteiger partial charge in [0.15, 0.2) is 0 Å². The van der Waals surface area contributed by atoms with Crippen molar-refractivity contribution in [1.82, 2.24) is 4.90 Å². The van der Waals surface area contributed by atoms with Gasteiger partial charge < -0.3 is 15.4 Å². The highest BCUT2D eigenvalue weighted by molar-refractivity contribution is 7.14. The summed E-state index contributed by atoms with van der Waals surface area (Å²) < 4.78 is 5.73. The summed E-state index contributed by atoms with van der Waals surface area (Å²) in [7, 11) is 0. The second-order valence-electron chi connectivity index (χ2n) is 4.79. The van der Waals surface area contributed by atoms with Crippen LogP contribution in [0.2, 0.25) is 0 Å². The molecule has 2 unspecified atom stereocenters. The first kappa shape index (κ1) is 11.0. The molecule has 5 heteroatoms. The molecule has 3 heterocycles. The van der Waals surface area contributed by atoms with E-state index in [9.17, 15) is 4.79 Å². The van der Waals surface area contributed by atoms with E-state index in [0.717, 1.165) is 41.4 Å². The largest absolute Gasteiger partial charge is 0.398 e. The van der Waals surface area contributed by atoms with Crippen LogP contribution in [0.25, 0.3) is 0 Å². The monoisotopic (exact) mass is 252 g/mol. The van der Waals surface area contributed by atoms with Gasteiger partial charge in [-0.2, -0.15) is 0 Å². The number of ether oxygens (including phenoxy) is 1. The van der Waals surface area contributed by atoms with Crippen LogP contribution in [0.15, 0.2) is 6.07 Å². The summed E-state index contributed by atoms with van der Waals surface area (Å²) in [6.45, 7) is 3.40. The van der Waals surface area contributed by atoms with E-state index in [0.29, 0.717) is 0 Å². The molecule has 0 aromatic carbocycles. The molecule has 2 N–H and O–H groups in total. The van der Waals surface area contributed by atoms with Gasteiger partial charge in [0.25, 0.3) is 5.91 Å².